The number of nitrogens with zero attached hydrogens (tertiary/aromatic N) is 2. The summed E-state index contributed by atoms with van der Waals surface area (Å²) in [6.07, 6.45) is 0. The fraction of sp³-hybridized carbons (Fsp3) is 0.278. The number of anilines is 1. The van der Waals surface area contributed by atoms with Crippen LogP contribution in [0.25, 0.3) is 0 Å². The normalized spacial score (nSPS) is 15.5. The van der Waals surface area contributed by atoms with Crippen LogP contribution in [0, 0.1) is 17.5 Å². The van der Waals surface area contributed by atoms with E-state index >= 15 is 0 Å². The Hall–Kier alpha value is -2.59. The van der Waals surface area contributed by atoms with Gasteiger partial charge in [-0.05, 0) is 30.3 Å². The lowest BCUT2D eigenvalue weighted by Gasteiger charge is -2.34. The van der Waals surface area contributed by atoms with E-state index in [0.717, 1.165) is 30.3 Å². The van der Waals surface area contributed by atoms with Crippen LogP contribution in [-0.2, 0) is 14.8 Å². The summed E-state index contributed by atoms with van der Waals surface area (Å²) >= 11 is 0. The number of hydrogen-bond donors (Lipinski definition) is 1. The van der Waals surface area contributed by atoms with Crippen LogP contribution in [0.3, 0.4) is 0 Å². The maximum absolute atomic E-state index is 13.3. The molecule has 6 nitrogen and oxygen atoms in total. The highest BCUT2D eigenvalue weighted by Gasteiger charge is 2.30. The minimum atomic E-state index is -3.84. The molecule has 1 aliphatic heterocycles. The highest BCUT2D eigenvalue weighted by Crippen LogP contribution is 2.19. The first kappa shape index (κ1) is 20.2. The van der Waals surface area contributed by atoms with Crippen LogP contribution in [-0.4, -0.2) is 56.3 Å². The minimum absolute atomic E-state index is 0.0686. The third-order valence-electron chi connectivity index (χ3n) is 4.33. The quantitative estimate of drug-likeness (QED) is 0.815. The van der Waals surface area contributed by atoms with Crippen molar-refractivity contribution in [1.82, 2.24) is 9.21 Å². The summed E-state index contributed by atoms with van der Waals surface area (Å²) in [4.78, 5) is 13.6. The predicted molar refractivity (Wildman–Crippen MR) is 96.6 cm³/mol. The highest BCUT2D eigenvalue weighted by molar-refractivity contribution is 7.89. The number of carbonyl (C=O) groups is 1. The fourth-order valence-corrected chi connectivity index (χ4v) is 4.35. The van der Waals surface area contributed by atoms with Gasteiger partial charge >= 0.3 is 0 Å². The van der Waals surface area contributed by atoms with Crippen LogP contribution in [0.15, 0.2) is 47.4 Å². The molecule has 1 heterocycles. The van der Waals surface area contributed by atoms with Gasteiger partial charge in [-0.3, -0.25) is 4.79 Å². The maximum Gasteiger partial charge on any atom is 0.243 e. The van der Waals surface area contributed by atoms with Crippen molar-refractivity contribution >= 4 is 21.6 Å². The molecule has 0 bridgehead atoms. The molecule has 0 saturated carbocycles. The zero-order valence-electron chi connectivity index (χ0n) is 14.7. The Balaban J connectivity index is 1.56. The second-order valence-corrected chi connectivity index (χ2v) is 8.19. The summed E-state index contributed by atoms with van der Waals surface area (Å²) in [5.74, 6) is -2.49. The van der Waals surface area contributed by atoms with Crippen molar-refractivity contribution in [3.05, 3.63) is 59.9 Å². The molecule has 0 spiro atoms. The molecule has 2 aromatic carbocycles. The largest absolute Gasteiger partial charge is 0.376 e. The second kappa shape index (κ2) is 8.19. The molecule has 3 rings (SSSR count). The van der Waals surface area contributed by atoms with Crippen molar-refractivity contribution < 1.29 is 26.4 Å². The Labute approximate surface area is 160 Å². The number of amides is 1. The molecule has 0 atom stereocenters. The Kier molecular flexibility index (Phi) is 5.90. The van der Waals surface area contributed by atoms with E-state index in [-0.39, 0.29) is 49.2 Å². The molecule has 10 heteroatoms. The van der Waals surface area contributed by atoms with Gasteiger partial charge in [0.2, 0.25) is 15.9 Å². The van der Waals surface area contributed by atoms with Gasteiger partial charge in [0.15, 0.2) is 0 Å². The van der Waals surface area contributed by atoms with Gasteiger partial charge in [-0.2, -0.15) is 4.31 Å². The number of nitrogens with one attached hydrogen (secondary N) is 1. The van der Waals surface area contributed by atoms with Crippen LogP contribution < -0.4 is 5.32 Å². The number of piperazine rings is 1. The van der Waals surface area contributed by atoms with E-state index in [9.17, 15) is 26.4 Å². The Bertz CT molecular complexity index is 957. The summed E-state index contributed by atoms with van der Waals surface area (Å²) < 4.78 is 66.0. The van der Waals surface area contributed by atoms with Gasteiger partial charge in [0.25, 0.3) is 0 Å². The standard InChI is InChI=1S/C18H18F3N3O3S/c19-13-2-1-3-17(11-13)28(26,27)24-6-4-23(5-7-24)18(25)12-22-16-9-14(20)8-15(21)10-16/h1-3,8-11,22H,4-7,12H2. The van der Waals surface area contributed by atoms with E-state index in [1.807, 2.05) is 0 Å². The lowest BCUT2D eigenvalue weighted by Crippen LogP contribution is -2.51. The molecule has 2 aromatic rings. The zero-order chi connectivity index (χ0) is 20.3. The van der Waals surface area contributed by atoms with Gasteiger partial charge in [-0.25, -0.2) is 21.6 Å². The Morgan fingerprint density at radius 2 is 1.57 bits per heavy atom. The number of carbonyl (C=O) groups excluding carboxylic acids is 1. The topological polar surface area (TPSA) is 69.7 Å². The van der Waals surface area contributed by atoms with Crippen molar-refractivity contribution in [3.8, 4) is 0 Å². The smallest absolute Gasteiger partial charge is 0.243 e. The number of hydrogen-bond acceptors (Lipinski definition) is 4. The van der Waals surface area contributed by atoms with Crippen molar-refractivity contribution in [3.63, 3.8) is 0 Å². The highest BCUT2D eigenvalue weighted by atomic mass is 32.2. The molecular formula is C18H18F3N3O3S. The molecule has 1 aliphatic rings. The van der Waals surface area contributed by atoms with Gasteiger partial charge in [0, 0.05) is 37.9 Å². The van der Waals surface area contributed by atoms with Crippen molar-refractivity contribution in [2.24, 2.45) is 0 Å². The number of halogens is 3. The van der Waals surface area contributed by atoms with Gasteiger partial charge < -0.3 is 10.2 Å². The van der Waals surface area contributed by atoms with E-state index < -0.39 is 27.5 Å². The average Bonchev–Trinajstić information content (AvgIpc) is 2.65. The van der Waals surface area contributed by atoms with E-state index in [1.165, 1.54) is 21.3 Å². The van der Waals surface area contributed by atoms with Crippen molar-refractivity contribution in [2.45, 2.75) is 4.90 Å². The first-order chi connectivity index (χ1) is 13.3. The SMILES string of the molecule is O=C(CNc1cc(F)cc(F)c1)N1CCN(S(=O)(=O)c2cccc(F)c2)CC1. The summed E-state index contributed by atoms with van der Waals surface area (Å²) in [7, 11) is -3.84. The molecule has 0 unspecified atom stereocenters. The molecule has 0 aliphatic carbocycles. The van der Waals surface area contributed by atoms with Gasteiger partial charge in [0.05, 0.1) is 11.4 Å². The lowest BCUT2D eigenvalue weighted by atomic mass is 10.3. The van der Waals surface area contributed by atoms with Crippen LogP contribution in [0.2, 0.25) is 0 Å². The maximum atomic E-state index is 13.3. The molecule has 0 aromatic heterocycles. The first-order valence-corrected chi connectivity index (χ1v) is 9.93. The van der Waals surface area contributed by atoms with E-state index in [4.69, 9.17) is 0 Å². The molecule has 1 saturated heterocycles. The van der Waals surface area contributed by atoms with E-state index in [2.05, 4.69) is 5.32 Å². The molecule has 0 radical (unpaired) electrons. The average molecular weight is 413 g/mol. The van der Waals surface area contributed by atoms with Gasteiger partial charge in [-0.1, -0.05) is 6.07 Å². The van der Waals surface area contributed by atoms with Gasteiger partial charge in [-0.15, -0.1) is 0 Å². The minimum Gasteiger partial charge on any atom is -0.376 e. The lowest BCUT2D eigenvalue weighted by molar-refractivity contribution is -0.130. The van der Waals surface area contributed by atoms with Crippen molar-refractivity contribution in [2.75, 3.05) is 38.0 Å². The Morgan fingerprint density at radius 3 is 2.18 bits per heavy atom. The predicted octanol–water partition coefficient (Wildman–Crippen LogP) is 2.05. The zero-order valence-corrected chi connectivity index (χ0v) is 15.6. The number of benzene rings is 2. The van der Waals surface area contributed by atoms with E-state index in [1.54, 1.807) is 0 Å². The molecule has 1 amide bonds. The fourth-order valence-electron chi connectivity index (χ4n) is 2.90. The van der Waals surface area contributed by atoms with Crippen LogP contribution >= 0.6 is 0 Å². The van der Waals surface area contributed by atoms with Crippen molar-refractivity contribution in [1.29, 1.82) is 0 Å². The summed E-state index contributed by atoms with van der Waals surface area (Å²) in [6.45, 7) is 0.275. The summed E-state index contributed by atoms with van der Waals surface area (Å²) in [6, 6.07) is 7.62. The number of rotatable bonds is 5. The van der Waals surface area contributed by atoms with Crippen LogP contribution in [0.4, 0.5) is 18.9 Å². The molecular weight excluding hydrogens is 395 g/mol. The third kappa shape index (κ3) is 4.63. The molecule has 1 fully saturated rings. The first-order valence-electron chi connectivity index (χ1n) is 8.49. The van der Waals surface area contributed by atoms with E-state index in [0.29, 0.717) is 0 Å². The summed E-state index contributed by atoms with van der Waals surface area (Å²) in [5, 5.41) is 2.65. The molecule has 1 N–H and O–H groups in total. The van der Waals surface area contributed by atoms with Crippen LogP contribution in [0.1, 0.15) is 0 Å². The summed E-state index contributed by atoms with van der Waals surface area (Å²) in [5.41, 5.74) is 0.137. The van der Waals surface area contributed by atoms with Crippen LogP contribution in [0.5, 0.6) is 0 Å². The second-order valence-electron chi connectivity index (χ2n) is 6.25. The third-order valence-corrected chi connectivity index (χ3v) is 6.23. The Morgan fingerprint density at radius 1 is 0.929 bits per heavy atom. The monoisotopic (exact) mass is 413 g/mol. The molecule has 150 valence electrons. The number of sulfonamides is 1. The van der Waals surface area contributed by atoms with Gasteiger partial charge in [0.1, 0.15) is 17.5 Å². The molecule has 28 heavy (non-hydrogen) atoms.